The van der Waals surface area contributed by atoms with E-state index < -0.39 is 161 Å². The summed E-state index contributed by atoms with van der Waals surface area (Å²) in [6.07, 6.45) is -23.3. The van der Waals surface area contributed by atoms with Crippen LogP contribution in [0.4, 0.5) is 0 Å². The van der Waals surface area contributed by atoms with Crippen molar-refractivity contribution in [2.75, 3.05) is 79.3 Å². The van der Waals surface area contributed by atoms with Crippen molar-refractivity contribution >= 4 is 5.97 Å². The van der Waals surface area contributed by atoms with Gasteiger partial charge in [-0.1, -0.05) is 20.9 Å². The largest absolute Gasteiger partial charge is 0.463 e. The highest BCUT2D eigenvalue weighted by atomic mass is 16.7. The second-order valence-corrected chi connectivity index (χ2v) is 22.3. The Bertz CT molecular complexity index is 2570. The zero-order valence-electron chi connectivity index (χ0n) is 49.8. The highest BCUT2D eigenvalue weighted by Crippen LogP contribution is 2.28. The topological polar surface area (TPSA) is 563 Å². The van der Waals surface area contributed by atoms with Crippen LogP contribution in [-0.2, 0) is 119 Å². The summed E-state index contributed by atoms with van der Waals surface area (Å²) in [7, 11) is 0. The predicted octanol–water partition coefficient (Wildman–Crippen LogP) is -11.0. The number of ether oxygens (including phenoxy) is 13. The molecule has 0 amide bonds. The molecule has 0 spiro atoms. The molecule has 0 bridgehead atoms. The lowest BCUT2D eigenvalue weighted by molar-refractivity contribution is -0.302. The molecule has 4 aliphatic heterocycles. The first-order valence-electron chi connectivity index (χ1n) is 29.3. The fourth-order valence-electron chi connectivity index (χ4n) is 9.85. The molecule has 0 aliphatic carbocycles. The molecule has 4 saturated heterocycles. The first-order valence-corrected chi connectivity index (χ1v) is 29.3. The number of esters is 1. The van der Waals surface area contributed by atoms with Crippen LogP contribution in [0.25, 0.3) is 0 Å². The summed E-state index contributed by atoms with van der Waals surface area (Å²) >= 11 is 0. The average molecular weight is 1330 g/mol. The van der Waals surface area contributed by atoms with Crippen molar-refractivity contribution in [1.29, 1.82) is 0 Å². The van der Waals surface area contributed by atoms with Gasteiger partial charge in [-0.25, -0.2) is 18.7 Å². The first kappa shape index (κ1) is 72.8. The van der Waals surface area contributed by atoms with Crippen molar-refractivity contribution < 1.29 is 143 Å². The van der Waals surface area contributed by atoms with Gasteiger partial charge in [0.25, 0.3) is 0 Å². The van der Waals surface area contributed by atoms with Crippen LogP contribution in [0.3, 0.4) is 0 Å². The Morgan fingerprint density at radius 1 is 0.402 bits per heavy atom. The number of hydrogen-bond donors (Lipinski definition) is 15. The molecule has 20 atom stereocenters. The summed E-state index contributed by atoms with van der Waals surface area (Å²) < 4.78 is 80.1. The van der Waals surface area contributed by atoms with E-state index in [0.29, 0.717) is 22.8 Å². The molecule has 8 rings (SSSR count). The molecule has 4 aromatic heterocycles. The third kappa shape index (κ3) is 19.8. The van der Waals surface area contributed by atoms with Crippen molar-refractivity contribution in [1.82, 2.24) is 60.0 Å². The maximum Gasteiger partial charge on any atom is 0.302 e. The van der Waals surface area contributed by atoms with E-state index in [1.165, 1.54) is 18.7 Å². The lowest BCUT2D eigenvalue weighted by Crippen LogP contribution is -2.59. The first-order chi connectivity index (χ1) is 44.2. The molecule has 41 nitrogen and oxygen atoms in total. The van der Waals surface area contributed by atoms with Crippen molar-refractivity contribution in [2.45, 2.75) is 182 Å². The molecule has 41 heteroatoms. The summed E-state index contributed by atoms with van der Waals surface area (Å²) in [5, 5.41) is 185. The number of aliphatic hydroxyl groups excluding tert-OH is 15. The molecule has 8 heterocycles. The van der Waals surface area contributed by atoms with E-state index in [0.717, 1.165) is 6.92 Å². The van der Waals surface area contributed by atoms with E-state index in [1.807, 2.05) is 0 Å². The summed E-state index contributed by atoms with van der Waals surface area (Å²) in [6, 6.07) is 0. The Kier molecular flexibility index (Phi) is 27.8. The molecule has 0 aromatic carbocycles. The number of nitrogens with zero attached hydrogens (tertiary/aromatic N) is 12. The molecule has 0 saturated carbocycles. The number of rotatable bonds is 37. The highest BCUT2D eigenvalue weighted by Gasteiger charge is 2.48. The van der Waals surface area contributed by atoms with Gasteiger partial charge in [-0.05, 0) is 0 Å². The molecule has 15 N–H and O–H groups in total. The second-order valence-electron chi connectivity index (χ2n) is 22.3. The summed E-state index contributed by atoms with van der Waals surface area (Å²) in [4.78, 5) is 11.4. The van der Waals surface area contributed by atoms with Gasteiger partial charge in [-0.3, -0.25) is 4.79 Å². The van der Waals surface area contributed by atoms with Crippen LogP contribution in [0.2, 0.25) is 0 Å². The Balaban J connectivity index is 0.927. The monoisotopic (exact) mass is 1330 g/mol. The molecule has 4 aliphatic rings. The third-order valence-electron chi connectivity index (χ3n) is 15.1. The van der Waals surface area contributed by atoms with Gasteiger partial charge in [0, 0.05) is 6.92 Å². The standard InChI is InChI=1S/C51H82N12O29/c1-26(67)88-21-34-38(71)42(75)46(79)50(92-34)87-9-5-63-13-30(55-59-63)20-83-25-51(22-80-17-27-10-60(56-52-27)2-6-84-47-43(76)39(72)35(68)31(14-64)89-47,23-81-18-28-11-61(57-53-28)3-7-85-48-44(77)40(73)36(69)32(15-65)90-48)24-82-19-29-12-62(58-54-29)4-8-86-49-45(78)41(74)37(70)33(16-66)91-49/h10-13,31-50,64-66,68-79H,2-9,14-25H2,1H3/t31-,32-,33-,34-,35-,36-,37-,38-,39+,40+,41+,42+,43+,44+,45+,46+,47+,48+,49+,50+/m1/s1. The Hall–Kier alpha value is -5.05. The second kappa shape index (κ2) is 35.1. The summed E-state index contributed by atoms with van der Waals surface area (Å²) in [5.74, 6) is -0.649. The third-order valence-corrected chi connectivity index (χ3v) is 15.1. The summed E-state index contributed by atoms with van der Waals surface area (Å²) in [5.41, 5.74) is 0.219. The van der Waals surface area contributed by atoms with Gasteiger partial charge in [0.2, 0.25) is 0 Å². The minimum absolute atomic E-state index is 0.0635. The smallest absolute Gasteiger partial charge is 0.302 e. The number of carbonyl (C=O) groups excluding carboxylic acids is 1. The molecule has 0 radical (unpaired) electrons. The predicted molar refractivity (Wildman–Crippen MR) is 290 cm³/mol. The normalized spacial score (nSPS) is 32.1. The lowest BCUT2D eigenvalue weighted by atomic mass is 9.92. The Morgan fingerprint density at radius 3 is 0.902 bits per heavy atom. The fourth-order valence-corrected chi connectivity index (χ4v) is 9.85. The van der Waals surface area contributed by atoms with Crippen molar-refractivity contribution in [3.63, 3.8) is 0 Å². The average Bonchev–Trinajstić information content (AvgIpc) is 1.67. The zero-order valence-corrected chi connectivity index (χ0v) is 49.8. The van der Waals surface area contributed by atoms with Crippen LogP contribution in [-0.4, -0.2) is 345 Å². The highest BCUT2D eigenvalue weighted by molar-refractivity contribution is 5.65. The zero-order chi connectivity index (χ0) is 66.1. The summed E-state index contributed by atoms with van der Waals surface area (Å²) in [6.45, 7) is -2.37. The van der Waals surface area contributed by atoms with Crippen LogP contribution in [0, 0.1) is 5.41 Å². The van der Waals surface area contributed by atoms with Gasteiger partial charge in [-0.2, -0.15) is 0 Å². The lowest BCUT2D eigenvalue weighted by Gasteiger charge is -2.39. The van der Waals surface area contributed by atoms with Gasteiger partial charge in [0.05, 0.1) is 155 Å². The Morgan fingerprint density at radius 2 is 0.652 bits per heavy atom. The van der Waals surface area contributed by atoms with Gasteiger partial charge in [0.15, 0.2) is 25.2 Å². The SMILES string of the molecule is CC(=O)OC[C@H]1O[C@H](OCCn2cc(COCC(COCc3cn(CCO[C@H]4O[C@H](CO)[C@@H](O)[C@H](O)[C@@H]4O)nn3)(COCc3cn(CCO[C@H]4O[C@H](CO)[C@@H](O)[C@H](O)[C@@H]4O)nn3)COCc3cn(CCO[C@H]4O[C@H](CO)[C@@H](O)[C@H](O)[C@@H]4O)nn3)nn2)[C@@H](O)[C@@H](O)[C@@H]1O. The van der Waals surface area contributed by atoms with Crippen LogP contribution >= 0.6 is 0 Å². The quantitative estimate of drug-likeness (QED) is 0.0186. The van der Waals surface area contributed by atoms with Gasteiger partial charge >= 0.3 is 5.97 Å². The molecular formula is C51H82N12O29. The van der Waals surface area contributed by atoms with Gasteiger partial charge in [-0.15, -0.1) is 20.4 Å². The minimum atomic E-state index is -1.67. The number of carbonyl (C=O) groups is 1. The van der Waals surface area contributed by atoms with Crippen LogP contribution < -0.4 is 0 Å². The number of hydrogen-bond acceptors (Lipinski definition) is 37. The van der Waals surface area contributed by atoms with E-state index in [2.05, 4.69) is 41.2 Å². The molecule has 520 valence electrons. The van der Waals surface area contributed by atoms with E-state index in [1.54, 1.807) is 24.8 Å². The van der Waals surface area contributed by atoms with E-state index in [-0.39, 0.29) is 105 Å². The van der Waals surface area contributed by atoms with Crippen LogP contribution in [0.15, 0.2) is 24.8 Å². The van der Waals surface area contributed by atoms with E-state index in [9.17, 15) is 81.4 Å². The van der Waals surface area contributed by atoms with Crippen LogP contribution in [0.1, 0.15) is 29.7 Å². The van der Waals surface area contributed by atoms with E-state index in [4.69, 9.17) is 61.6 Å². The fraction of sp³-hybridized carbons (Fsp3) is 0.824. The van der Waals surface area contributed by atoms with Crippen molar-refractivity contribution in [3.05, 3.63) is 47.6 Å². The van der Waals surface area contributed by atoms with Crippen LogP contribution in [0.5, 0.6) is 0 Å². The maximum atomic E-state index is 11.4. The minimum Gasteiger partial charge on any atom is -0.463 e. The molecule has 0 unspecified atom stereocenters. The molecule has 4 aromatic rings. The molecular weight excluding hydrogens is 1240 g/mol. The van der Waals surface area contributed by atoms with Crippen molar-refractivity contribution in [2.24, 2.45) is 5.41 Å². The number of aromatic nitrogens is 12. The Labute approximate surface area is 522 Å². The van der Waals surface area contributed by atoms with E-state index >= 15 is 0 Å². The van der Waals surface area contributed by atoms with Gasteiger partial charge in [0.1, 0.15) is 127 Å². The maximum absolute atomic E-state index is 11.4. The van der Waals surface area contributed by atoms with Gasteiger partial charge < -0.3 is 138 Å². The van der Waals surface area contributed by atoms with Crippen molar-refractivity contribution in [3.8, 4) is 0 Å². The number of aliphatic hydroxyl groups is 15. The molecule has 92 heavy (non-hydrogen) atoms. The molecule has 4 fully saturated rings.